The Balaban J connectivity index is 1.71. The molecule has 0 bridgehead atoms. The summed E-state index contributed by atoms with van der Waals surface area (Å²) in [5.74, 6) is -0.286. The molecule has 0 saturated carbocycles. The number of carbonyl (C=O) groups excluding carboxylic acids is 1. The summed E-state index contributed by atoms with van der Waals surface area (Å²) >= 11 is 3.11. The molecule has 11 heteroatoms. The number of hydrogen-bond acceptors (Lipinski definition) is 5. The number of aromatic nitrogens is 2. The summed E-state index contributed by atoms with van der Waals surface area (Å²) in [5, 5.41) is 9.31. The van der Waals surface area contributed by atoms with Gasteiger partial charge in [-0.15, -0.1) is 4.91 Å². The molecule has 29 heavy (non-hydrogen) atoms. The van der Waals surface area contributed by atoms with Gasteiger partial charge >= 0.3 is 6.18 Å². The molecule has 2 aromatic carbocycles. The maximum absolute atomic E-state index is 12.8. The van der Waals surface area contributed by atoms with Gasteiger partial charge in [-0.3, -0.25) is 4.79 Å². The summed E-state index contributed by atoms with van der Waals surface area (Å²) < 4.78 is 45.1. The van der Waals surface area contributed by atoms with Gasteiger partial charge in [0.15, 0.2) is 5.69 Å². The fourth-order valence-electron chi connectivity index (χ4n) is 2.40. The van der Waals surface area contributed by atoms with Crippen molar-refractivity contribution in [2.45, 2.75) is 6.18 Å². The molecule has 0 saturated heterocycles. The average molecular weight is 469 g/mol. The average Bonchev–Trinajstić information content (AvgIpc) is 2.96. The minimum atomic E-state index is -4.47. The lowest BCUT2D eigenvalue weighted by molar-refractivity contribution is -0.137. The fraction of sp³-hybridized carbons (Fsp3) is 0.111. The lowest BCUT2D eigenvalue weighted by Crippen LogP contribution is -2.13. The third-order valence-corrected chi connectivity index (χ3v) is 4.50. The fourth-order valence-corrected chi connectivity index (χ4v) is 2.99. The van der Waals surface area contributed by atoms with E-state index in [-0.39, 0.29) is 27.5 Å². The van der Waals surface area contributed by atoms with Crippen LogP contribution in [0.5, 0.6) is 11.5 Å². The summed E-state index contributed by atoms with van der Waals surface area (Å²) in [6.07, 6.45) is -4.47. The van der Waals surface area contributed by atoms with Crippen molar-refractivity contribution in [1.29, 1.82) is 0 Å². The van der Waals surface area contributed by atoms with E-state index in [1.54, 1.807) is 0 Å². The molecular weight excluding hydrogens is 457 g/mol. The standard InChI is InChI=1S/C18H12BrF3N4O3/c1-26-16(25-28)14(19)15(24-26)17(27)23-11-5-7-12(8-6-11)29-13-4-2-3-10(9-13)18(20,21)22/h2-9H,1H3,(H,23,27). The molecule has 0 atom stereocenters. The van der Waals surface area contributed by atoms with Gasteiger partial charge in [-0.05, 0) is 63.6 Å². The molecule has 1 heterocycles. The van der Waals surface area contributed by atoms with Gasteiger partial charge in [-0.1, -0.05) is 6.07 Å². The predicted molar refractivity (Wildman–Crippen MR) is 102 cm³/mol. The van der Waals surface area contributed by atoms with E-state index in [0.29, 0.717) is 5.69 Å². The van der Waals surface area contributed by atoms with E-state index in [4.69, 9.17) is 4.74 Å². The number of ether oxygens (including phenoxy) is 1. The first kappa shape index (κ1) is 20.5. The highest BCUT2D eigenvalue weighted by Crippen LogP contribution is 2.33. The Labute approximate surface area is 170 Å². The topological polar surface area (TPSA) is 85.6 Å². The Morgan fingerprint density at radius 2 is 1.86 bits per heavy atom. The molecule has 0 radical (unpaired) electrons. The highest BCUT2D eigenvalue weighted by Gasteiger charge is 2.30. The van der Waals surface area contributed by atoms with E-state index in [2.05, 4.69) is 31.5 Å². The smallest absolute Gasteiger partial charge is 0.416 e. The van der Waals surface area contributed by atoms with Crippen LogP contribution in [0.15, 0.2) is 58.2 Å². The van der Waals surface area contributed by atoms with Crippen molar-refractivity contribution in [2.75, 3.05) is 5.32 Å². The van der Waals surface area contributed by atoms with Crippen molar-refractivity contribution in [3.8, 4) is 11.5 Å². The largest absolute Gasteiger partial charge is 0.457 e. The monoisotopic (exact) mass is 468 g/mol. The highest BCUT2D eigenvalue weighted by molar-refractivity contribution is 9.10. The number of rotatable bonds is 5. The third-order valence-electron chi connectivity index (χ3n) is 3.77. The minimum Gasteiger partial charge on any atom is -0.457 e. The number of hydrogen-bond donors (Lipinski definition) is 1. The Hall–Kier alpha value is -3.21. The molecule has 1 amide bonds. The molecule has 3 aromatic rings. The summed E-state index contributed by atoms with van der Waals surface area (Å²) in [6, 6.07) is 10.5. The number of anilines is 1. The number of alkyl halides is 3. The van der Waals surface area contributed by atoms with Crippen LogP contribution in [0.1, 0.15) is 16.1 Å². The molecular formula is C18H12BrF3N4O3. The van der Waals surface area contributed by atoms with Gasteiger partial charge in [0.2, 0.25) is 5.82 Å². The zero-order valence-corrected chi connectivity index (χ0v) is 16.3. The van der Waals surface area contributed by atoms with Crippen LogP contribution in [0.25, 0.3) is 0 Å². The van der Waals surface area contributed by atoms with Crippen LogP contribution in [-0.2, 0) is 13.2 Å². The van der Waals surface area contributed by atoms with Gasteiger partial charge in [-0.25, -0.2) is 4.68 Å². The number of nitrogens with one attached hydrogen (secondary N) is 1. The summed E-state index contributed by atoms with van der Waals surface area (Å²) in [4.78, 5) is 23.1. The number of nitroso groups, excluding NO2 is 1. The maximum Gasteiger partial charge on any atom is 0.416 e. The van der Waals surface area contributed by atoms with E-state index < -0.39 is 17.6 Å². The second kappa shape index (κ2) is 8.03. The highest BCUT2D eigenvalue weighted by atomic mass is 79.9. The molecule has 1 N–H and O–H groups in total. The zero-order valence-electron chi connectivity index (χ0n) is 14.7. The van der Waals surface area contributed by atoms with Gasteiger partial charge in [0, 0.05) is 12.7 Å². The van der Waals surface area contributed by atoms with Crippen molar-refractivity contribution >= 4 is 33.3 Å². The summed E-state index contributed by atoms with van der Waals surface area (Å²) in [7, 11) is 1.47. The minimum absolute atomic E-state index is 0.0219. The van der Waals surface area contributed by atoms with E-state index >= 15 is 0 Å². The number of benzene rings is 2. The molecule has 0 aliphatic carbocycles. The first-order chi connectivity index (χ1) is 13.7. The van der Waals surface area contributed by atoms with Crippen LogP contribution in [0.3, 0.4) is 0 Å². The molecule has 0 spiro atoms. The quantitative estimate of drug-likeness (QED) is 0.490. The van der Waals surface area contributed by atoms with Gasteiger partial charge in [-0.2, -0.15) is 18.3 Å². The first-order valence-electron chi connectivity index (χ1n) is 8.01. The Kier molecular flexibility index (Phi) is 5.69. The van der Waals surface area contributed by atoms with Crippen LogP contribution >= 0.6 is 15.9 Å². The van der Waals surface area contributed by atoms with Crippen LogP contribution in [0, 0.1) is 4.91 Å². The van der Waals surface area contributed by atoms with E-state index in [0.717, 1.165) is 16.8 Å². The first-order valence-corrected chi connectivity index (χ1v) is 8.80. The van der Waals surface area contributed by atoms with Crippen LogP contribution in [0.4, 0.5) is 24.7 Å². The number of carbonyl (C=O) groups is 1. The van der Waals surface area contributed by atoms with E-state index in [1.807, 2.05) is 0 Å². The second-order valence-corrected chi connectivity index (χ2v) is 6.60. The van der Waals surface area contributed by atoms with Gasteiger partial charge in [0.1, 0.15) is 11.5 Å². The Morgan fingerprint density at radius 1 is 1.17 bits per heavy atom. The molecule has 0 fully saturated rings. The lowest BCUT2D eigenvalue weighted by atomic mass is 10.2. The second-order valence-electron chi connectivity index (χ2n) is 5.81. The van der Waals surface area contributed by atoms with Gasteiger partial charge < -0.3 is 10.1 Å². The molecule has 0 unspecified atom stereocenters. The summed E-state index contributed by atoms with van der Waals surface area (Å²) in [5.41, 5.74) is -0.444. The predicted octanol–water partition coefficient (Wildman–Crippen LogP) is 5.64. The zero-order chi connectivity index (χ0) is 21.2. The van der Waals surface area contributed by atoms with Crippen molar-refractivity contribution < 1.29 is 22.7 Å². The number of nitrogens with zero attached hydrogens (tertiary/aromatic N) is 3. The SMILES string of the molecule is Cn1nc(C(=O)Nc2ccc(Oc3cccc(C(F)(F)F)c3)cc2)c(Br)c1N=O. The van der Waals surface area contributed by atoms with Crippen LogP contribution in [0.2, 0.25) is 0 Å². The van der Waals surface area contributed by atoms with Gasteiger partial charge in [0.25, 0.3) is 5.91 Å². The molecule has 0 aliphatic heterocycles. The van der Waals surface area contributed by atoms with Crippen molar-refractivity contribution in [3.05, 3.63) is 69.2 Å². The molecule has 0 aliphatic rings. The third kappa shape index (κ3) is 4.62. The van der Waals surface area contributed by atoms with E-state index in [9.17, 15) is 22.9 Å². The number of halogens is 4. The number of amides is 1. The summed E-state index contributed by atoms with van der Waals surface area (Å²) in [6.45, 7) is 0. The molecule has 1 aromatic heterocycles. The maximum atomic E-state index is 12.8. The van der Waals surface area contributed by atoms with Crippen LogP contribution in [-0.4, -0.2) is 15.7 Å². The van der Waals surface area contributed by atoms with Crippen molar-refractivity contribution in [3.63, 3.8) is 0 Å². The normalized spacial score (nSPS) is 11.2. The number of aryl methyl sites for hydroxylation is 1. The Morgan fingerprint density at radius 3 is 2.45 bits per heavy atom. The lowest BCUT2D eigenvalue weighted by Gasteiger charge is -2.10. The molecule has 3 rings (SSSR count). The van der Waals surface area contributed by atoms with Crippen molar-refractivity contribution in [1.82, 2.24) is 9.78 Å². The Bertz CT molecular complexity index is 1070. The molecule has 7 nitrogen and oxygen atoms in total. The van der Waals surface area contributed by atoms with Crippen LogP contribution < -0.4 is 10.1 Å². The van der Waals surface area contributed by atoms with Gasteiger partial charge in [0.05, 0.1) is 10.0 Å². The van der Waals surface area contributed by atoms with Crippen molar-refractivity contribution in [2.24, 2.45) is 12.2 Å². The van der Waals surface area contributed by atoms with E-state index in [1.165, 1.54) is 43.4 Å². The molecule has 150 valence electrons.